The summed E-state index contributed by atoms with van der Waals surface area (Å²) in [7, 11) is 1.38. The third kappa shape index (κ3) is 3.54. The molecule has 1 unspecified atom stereocenters. The molecule has 1 saturated heterocycles. The van der Waals surface area contributed by atoms with E-state index < -0.39 is 0 Å². The maximum Gasteiger partial charge on any atom is 0.310 e. The topological polar surface area (TPSA) is 84.7 Å². The molecule has 0 radical (unpaired) electrons. The van der Waals surface area contributed by atoms with Gasteiger partial charge in [-0.3, -0.25) is 14.5 Å². The van der Waals surface area contributed by atoms with Crippen molar-refractivity contribution in [2.24, 2.45) is 5.92 Å². The lowest BCUT2D eigenvalue weighted by Crippen LogP contribution is -2.32. The first-order valence-corrected chi connectivity index (χ1v) is 6.12. The molecular formula is C12H17N3O4. The van der Waals surface area contributed by atoms with Crippen LogP contribution in [0.25, 0.3) is 0 Å². The predicted molar refractivity (Wildman–Crippen MR) is 66.4 cm³/mol. The second-order valence-electron chi connectivity index (χ2n) is 4.61. The average Bonchev–Trinajstić information content (AvgIpc) is 2.98. The molecule has 2 rings (SSSR count). The average molecular weight is 267 g/mol. The number of nitrogens with zero attached hydrogens (tertiary/aromatic N) is 2. The van der Waals surface area contributed by atoms with Crippen LogP contribution in [0, 0.1) is 12.8 Å². The van der Waals surface area contributed by atoms with Crippen molar-refractivity contribution in [2.75, 3.05) is 32.1 Å². The van der Waals surface area contributed by atoms with Gasteiger partial charge in [0.2, 0.25) is 5.91 Å². The molecule has 7 heteroatoms. The van der Waals surface area contributed by atoms with Crippen molar-refractivity contribution in [1.82, 2.24) is 10.1 Å². The Morgan fingerprint density at radius 1 is 1.63 bits per heavy atom. The zero-order valence-corrected chi connectivity index (χ0v) is 11.0. The van der Waals surface area contributed by atoms with Crippen LogP contribution in [0.5, 0.6) is 0 Å². The van der Waals surface area contributed by atoms with Gasteiger partial charge in [-0.05, 0) is 19.9 Å². The molecule has 19 heavy (non-hydrogen) atoms. The highest BCUT2D eigenvalue weighted by molar-refractivity contribution is 5.91. The fraction of sp³-hybridized carbons (Fsp3) is 0.583. The molecule has 0 bridgehead atoms. The molecular weight excluding hydrogens is 250 g/mol. The van der Waals surface area contributed by atoms with Crippen molar-refractivity contribution < 1.29 is 18.8 Å². The number of rotatable bonds is 4. The summed E-state index contributed by atoms with van der Waals surface area (Å²) in [6.45, 7) is 3.26. The number of aryl methyl sites for hydroxylation is 1. The van der Waals surface area contributed by atoms with E-state index in [1.54, 1.807) is 13.0 Å². The summed E-state index contributed by atoms with van der Waals surface area (Å²) in [5.74, 6) is 0.536. The number of esters is 1. The van der Waals surface area contributed by atoms with E-state index in [9.17, 15) is 9.59 Å². The minimum absolute atomic E-state index is 0.132. The van der Waals surface area contributed by atoms with Gasteiger partial charge in [-0.25, -0.2) is 0 Å². The summed E-state index contributed by atoms with van der Waals surface area (Å²) in [4.78, 5) is 25.1. The van der Waals surface area contributed by atoms with Crippen molar-refractivity contribution in [3.63, 3.8) is 0 Å². The number of carbonyl (C=O) groups is 2. The second-order valence-corrected chi connectivity index (χ2v) is 4.61. The van der Waals surface area contributed by atoms with Crippen LogP contribution in [0.2, 0.25) is 0 Å². The third-order valence-corrected chi connectivity index (χ3v) is 3.07. The van der Waals surface area contributed by atoms with E-state index in [4.69, 9.17) is 9.26 Å². The number of hydrogen-bond donors (Lipinski definition) is 1. The van der Waals surface area contributed by atoms with Gasteiger partial charge in [0, 0.05) is 12.6 Å². The molecule has 2 heterocycles. The first kappa shape index (κ1) is 13.5. The molecule has 0 aromatic carbocycles. The van der Waals surface area contributed by atoms with E-state index in [1.807, 2.05) is 4.90 Å². The molecule has 1 aromatic rings. The Bertz CT molecular complexity index is 471. The summed E-state index contributed by atoms with van der Waals surface area (Å²) < 4.78 is 9.56. The lowest BCUT2D eigenvalue weighted by molar-refractivity contribution is -0.145. The highest BCUT2D eigenvalue weighted by atomic mass is 16.5. The van der Waals surface area contributed by atoms with Crippen LogP contribution in [-0.4, -0.2) is 48.7 Å². The summed E-state index contributed by atoms with van der Waals surface area (Å²) in [6.07, 6.45) is 0.725. The van der Waals surface area contributed by atoms with Crippen LogP contribution < -0.4 is 5.32 Å². The number of aromatic nitrogens is 1. The van der Waals surface area contributed by atoms with Gasteiger partial charge in [-0.15, -0.1) is 0 Å². The van der Waals surface area contributed by atoms with Crippen LogP contribution in [0.4, 0.5) is 5.82 Å². The van der Waals surface area contributed by atoms with Gasteiger partial charge in [0.15, 0.2) is 5.82 Å². The monoisotopic (exact) mass is 267 g/mol. The van der Waals surface area contributed by atoms with E-state index in [2.05, 4.69) is 10.5 Å². The predicted octanol–water partition coefficient (Wildman–Crippen LogP) is 0.416. The molecule has 1 aromatic heterocycles. The number of carbonyl (C=O) groups excluding carboxylic acids is 2. The fourth-order valence-electron chi connectivity index (χ4n) is 2.15. The molecule has 1 amide bonds. The Morgan fingerprint density at radius 2 is 2.42 bits per heavy atom. The Morgan fingerprint density at radius 3 is 3.05 bits per heavy atom. The van der Waals surface area contributed by atoms with Crippen molar-refractivity contribution in [2.45, 2.75) is 13.3 Å². The number of amides is 1. The molecule has 1 N–H and O–H groups in total. The number of nitrogens with one attached hydrogen (secondary N) is 1. The quantitative estimate of drug-likeness (QED) is 0.796. The number of methoxy groups -OCH3 is 1. The van der Waals surface area contributed by atoms with Crippen molar-refractivity contribution in [3.05, 3.63) is 11.8 Å². The van der Waals surface area contributed by atoms with Gasteiger partial charge < -0.3 is 14.6 Å². The standard InChI is InChI=1S/C12H17N3O4/c1-8-5-10(14-19-8)13-11(16)7-15-4-3-9(6-15)12(17)18-2/h5,9H,3-4,6-7H2,1-2H3,(H,13,14,16). The maximum absolute atomic E-state index is 11.8. The maximum atomic E-state index is 11.8. The SMILES string of the molecule is COC(=O)C1CCN(CC(=O)Nc2cc(C)on2)C1. The fourth-order valence-corrected chi connectivity index (χ4v) is 2.15. The van der Waals surface area contributed by atoms with Crippen molar-refractivity contribution >= 4 is 17.7 Å². The highest BCUT2D eigenvalue weighted by Gasteiger charge is 2.29. The minimum Gasteiger partial charge on any atom is -0.469 e. The van der Waals surface area contributed by atoms with Crippen LogP contribution >= 0.6 is 0 Å². The third-order valence-electron chi connectivity index (χ3n) is 3.07. The van der Waals surface area contributed by atoms with Crippen LogP contribution in [-0.2, 0) is 14.3 Å². The molecule has 0 spiro atoms. The lowest BCUT2D eigenvalue weighted by Gasteiger charge is -2.14. The summed E-state index contributed by atoms with van der Waals surface area (Å²) in [6, 6.07) is 1.65. The van der Waals surface area contributed by atoms with Gasteiger partial charge in [-0.2, -0.15) is 0 Å². The van der Waals surface area contributed by atoms with Gasteiger partial charge in [0.05, 0.1) is 19.6 Å². The second kappa shape index (κ2) is 5.83. The zero-order valence-electron chi connectivity index (χ0n) is 11.0. The lowest BCUT2D eigenvalue weighted by atomic mass is 10.1. The Hall–Kier alpha value is -1.89. The number of ether oxygens (including phenoxy) is 1. The Kier molecular flexibility index (Phi) is 4.16. The van der Waals surface area contributed by atoms with Crippen LogP contribution in [0.1, 0.15) is 12.2 Å². The molecule has 0 aliphatic carbocycles. The van der Waals surface area contributed by atoms with Crippen LogP contribution in [0.3, 0.4) is 0 Å². The molecule has 7 nitrogen and oxygen atoms in total. The smallest absolute Gasteiger partial charge is 0.310 e. The molecule has 1 aliphatic heterocycles. The zero-order chi connectivity index (χ0) is 13.8. The van der Waals surface area contributed by atoms with E-state index in [0.717, 1.165) is 6.42 Å². The summed E-state index contributed by atoms with van der Waals surface area (Å²) in [5, 5.41) is 6.33. The van der Waals surface area contributed by atoms with E-state index in [0.29, 0.717) is 24.7 Å². The molecule has 104 valence electrons. The first-order chi connectivity index (χ1) is 9.08. The first-order valence-electron chi connectivity index (χ1n) is 6.12. The number of anilines is 1. The van der Waals surface area contributed by atoms with Gasteiger partial charge in [0.25, 0.3) is 0 Å². The van der Waals surface area contributed by atoms with Gasteiger partial charge in [-0.1, -0.05) is 5.16 Å². The van der Waals surface area contributed by atoms with Gasteiger partial charge in [0.1, 0.15) is 5.76 Å². The van der Waals surface area contributed by atoms with Crippen molar-refractivity contribution in [3.8, 4) is 0 Å². The molecule has 1 atom stereocenters. The number of likely N-dealkylation sites (tertiary alicyclic amines) is 1. The Balaban J connectivity index is 1.79. The van der Waals surface area contributed by atoms with E-state index in [-0.39, 0.29) is 24.3 Å². The Labute approximate surface area is 110 Å². The highest BCUT2D eigenvalue weighted by Crippen LogP contribution is 2.17. The normalized spacial score (nSPS) is 19.4. The number of hydrogen-bond acceptors (Lipinski definition) is 6. The largest absolute Gasteiger partial charge is 0.469 e. The van der Waals surface area contributed by atoms with E-state index >= 15 is 0 Å². The van der Waals surface area contributed by atoms with Crippen LogP contribution in [0.15, 0.2) is 10.6 Å². The molecule has 1 fully saturated rings. The van der Waals surface area contributed by atoms with Crippen molar-refractivity contribution in [1.29, 1.82) is 0 Å². The van der Waals surface area contributed by atoms with E-state index in [1.165, 1.54) is 7.11 Å². The minimum atomic E-state index is -0.213. The molecule has 1 aliphatic rings. The summed E-state index contributed by atoms with van der Waals surface area (Å²) >= 11 is 0. The van der Waals surface area contributed by atoms with Gasteiger partial charge >= 0.3 is 5.97 Å². The summed E-state index contributed by atoms with van der Waals surface area (Å²) in [5.41, 5.74) is 0. The molecule has 0 saturated carbocycles.